The van der Waals surface area contributed by atoms with Crippen LogP contribution in [-0.4, -0.2) is 80.3 Å². The third-order valence-corrected chi connectivity index (χ3v) is 8.70. The molecule has 0 radical (unpaired) electrons. The highest BCUT2D eigenvalue weighted by Crippen LogP contribution is 2.41. The molecule has 11 heteroatoms. The van der Waals surface area contributed by atoms with Gasteiger partial charge in [-0.3, -0.25) is 9.59 Å². The van der Waals surface area contributed by atoms with Crippen LogP contribution in [0.15, 0.2) is 71.6 Å². The van der Waals surface area contributed by atoms with E-state index in [9.17, 15) is 18.4 Å². The van der Waals surface area contributed by atoms with Crippen LogP contribution in [0.5, 0.6) is 0 Å². The maximum atomic E-state index is 13.8. The van der Waals surface area contributed by atoms with Gasteiger partial charge in [0.15, 0.2) is 0 Å². The van der Waals surface area contributed by atoms with Crippen LogP contribution < -0.4 is 20.9 Å². The van der Waals surface area contributed by atoms with Crippen LogP contribution in [0.3, 0.4) is 0 Å². The summed E-state index contributed by atoms with van der Waals surface area (Å²) in [5.74, 6) is 2.29. The Kier molecular flexibility index (Phi) is 12.6. The lowest BCUT2D eigenvalue weighted by atomic mass is 9.97. The van der Waals surface area contributed by atoms with Crippen molar-refractivity contribution >= 4 is 52.6 Å². The fraction of sp³-hybridized carbons (Fsp3) is 0.351. The summed E-state index contributed by atoms with van der Waals surface area (Å²) in [4.78, 5) is 29.3. The third-order valence-electron chi connectivity index (χ3n) is 7.65. The van der Waals surface area contributed by atoms with E-state index in [0.717, 1.165) is 59.8 Å². The number of hydrogen-bond acceptors (Lipinski definition) is 7. The SMILES string of the molecule is CCN(CCN(C)C)c1ccc(N/C(=C(\C)c2cc(SN3CC(F)(F)C3)c(C#CC(=O)NC(C)C)cc2NC=O)c2ccccc2)cc1. The molecule has 0 atom stereocenters. The number of hydrogen-bond donors (Lipinski definition) is 3. The standard InChI is InChI=1S/C37H44F2N6O2S/c1-7-44(20-19-43(5)6)31-16-14-30(15-17-31)42-36(28-11-9-8-10-12-28)27(4)32-22-34(48-45-23-37(38,39)24-45)29(21-33(32)40-25-46)13-18-35(47)41-26(2)3/h8-12,14-17,21-22,25-26,42H,7,19-20,23-24H2,1-6H3,(H,40,46)(H,41,47)/b36-27+. The van der Waals surface area contributed by atoms with E-state index in [1.165, 1.54) is 0 Å². The van der Waals surface area contributed by atoms with Crippen molar-refractivity contribution in [3.8, 4) is 11.8 Å². The summed E-state index contributed by atoms with van der Waals surface area (Å²) < 4.78 is 29.1. The first-order valence-corrected chi connectivity index (χ1v) is 16.7. The predicted octanol–water partition coefficient (Wildman–Crippen LogP) is 6.48. The number of nitrogens with zero attached hydrogens (tertiary/aromatic N) is 3. The molecule has 3 aromatic rings. The van der Waals surface area contributed by atoms with Crippen LogP contribution in [0.1, 0.15) is 44.4 Å². The van der Waals surface area contributed by atoms with Crippen molar-refractivity contribution < 1.29 is 18.4 Å². The summed E-state index contributed by atoms with van der Waals surface area (Å²) >= 11 is 1.16. The van der Waals surface area contributed by atoms with Crippen LogP contribution in [0.2, 0.25) is 0 Å². The second-order valence-electron chi connectivity index (χ2n) is 12.2. The minimum absolute atomic E-state index is 0.0971. The van der Waals surface area contributed by atoms with Crippen LogP contribution in [0, 0.1) is 11.8 Å². The number of alkyl halides is 2. The molecule has 1 aliphatic heterocycles. The molecular formula is C37H44F2N6O2S. The zero-order valence-electron chi connectivity index (χ0n) is 28.4. The Morgan fingerprint density at radius 3 is 2.33 bits per heavy atom. The highest BCUT2D eigenvalue weighted by molar-refractivity contribution is 7.97. The van der Waals surface area contributed by atoms with E-state index in [2.05, 4.69) is 70.7 Å². The molecule has 0 bridgehead atoms. The van der Waals surface area contributed by atoms with Gasteiger partial charge in [-0.15, -0.1) is 0 Å². The molecule has 3 aromatic carbocycles. The van der Waals surface area contributed by atoms with Gasteiger partial charge < -0.3 is 25.8 Å². The highest BCUT2D eigenvalue weighted by atomic mass is 32.2. The van der Waals surface area contributed by atoms with Crippen LogP contribution >= 0.6 is 11.9 Å². The van der Waals surface area contributed by atoms with E-state index in [-0.39, 0.29) is 6.04 Å². The number of amides is 2. The number of benzene rings is 3. The third kappa shape index (κ3) is 10.1. The molecule has 48 heavy (non-hydrogen) atoms. The Labute approximate surface area is 287 Å². The summed E-state index contributed by atoms with van der Waals surface area (Å²) in [5, 5.41) is 9.13. The van der Waals surface area contributed by atoms with E-state index in [0.29, 0.717) is 28.1 Å². The zero-order valence-corrected chi connectivity index (χ0v) is 29.2. The number of rotatable bonds is 14. The summed E-state index contributed by atoms with van der Waals surface area (Å²) in [6.07, 6.45) is 0.585. The van der Waals surface area contributed by atoms with Gasteiger partial charge in [0.25, 0.3) is 11.8 Å². The first-order chi connectivity index (χ1) is 22.9. The van der Waals surface area contributed by atoms with Crippen LogP contribution in [-0.2, 0) is 9.59 Å². The Morgan fingerprint density at radius 2 is 1.75 bits per heavy atom. The predicted molar refractivity (Wildman–Crippen MR) is 194 cm³/mol. The van der Waals surface area contributed by atoms with E-state index in [1.54, 1.807) is 10.4 Å². The van der Waals surface area contributed by atoms with E-state index in [1.807, 2.05) is 69.3 Å². The maximum absolute atomic E-state index is 13.8. The van der Waals surface area contributed by atoms with E-state index in [4.69, 9.17) is 0 Å². The van der Waals surface area contributed by atoms with Gasteiger partial charge in [-0.2, -0.15) is 0 Å². The summed E-state index contributed by atoms with van der Waals surface area (Å²) in [6, 6.07) is 21.6. The lowest BCUT2D eigenvalue weighted by Crippen LogP contribution is -2.52. The molecular weight excluding hydrogens is 631 g/mol. The average molecular weight is 675 g/mol. The molecule has 1 fully saturated rings. The van der Waals surface area contributed by atoms with Crippen molar-refractivity contribution in [2.24, 2.45) is 0 Å². The highest BCUT2D eigenvalue weighted by Gasteiger charge is 2.44. The lowest BCUT2D eigenvalue weighted by molar-refractivity contribution is -0.116. The number of halogens is 2. The number of allylic oxidation sites excluding steroid dienone is 1. The molecule has 1 heterocycles. The molecule has 0 aromatic heterocycles. The fourth-order valence-corrected chi connectivity index (χ4v) is 6.32. The van der Waals surface area contributed by atoms with Crippen molar-refractivity contribution in [1.29, 1.82) is 0 Å². The maximum Gasteiger partial charge on any atom is 0.296 e. The average Bonchev–Trinajstić information content (AvgIpc) is 3.03. The Bertz CT molecular complexity index is 1660. The van der Waals surface area contributed by atoms with Crippen molar-refractivity contribution in [3.63, 3.8) is 0 Å². The van der Waals surface area contributed by atoms with Crippen LogP contribution in [0.25, 0.3) is 11.3 Å². The van der Waals surface area contributed by atoms with Gasteiger partial charge in [-0.25, -0.2) is 13.1 Å². The molecule has 0 aliphatic carbocycles. The molecule has 0 saturated carbocycles. The number of carbonyl (C=O) groups excluding carboxylic acids is 2. The lowest BCUT2D eigenvalue weighted by Gasteiger charge is -2.37. The molecule has 8 nitrogen and oxygen atoms in total. The van der Waals surface area contributed by atoms with Gasteiger partial charge >= 0.3 is 0 Å². The second kappa shape index (κ2) is 16.6. The summed E-state index contributed by atoms with van der Waals surface area (Å²) in [5.41, 5.74) is 6.13. The van der Waals surface area contributed by atoms with Crippen molar-refractivity contribution in [2.75, 3.05) is 62.4 Å². The minimum Gasteiger partial charge on any atom is -0.371 e. The number of carbonyl (C=O) groups is 2. The van der Waals surface area contributed by atoms with Gasteiger partial charge in [0.05, 0.1) is 13.1 Å². The van der Waals surface area contributed by atoms with Gasteiger partial charge in [0.2, 0.25) is 6.41 Å². The smallest absolute Gasteiger partial charge is 0.296 e. The molecule has 0 unspecified atom stereocenters. The molecule has 3 N–H and O–H groups in total. The summed E-state index contributed by atoms with van der Waals surface area (Å²) in [6.45, 7) is 9.71. The zero-order chi connectivity index (χ0) is 34.8. The normalized spacial score (nSPS) is 14.4. The van der Waals surface area contributed by atoms with Gasteiger partial charge in [0.1, 0.15) is 0 Å². The quantitative estimate of drug-likeness (QED) is 0.0783. The fourth-order valence-electron chi connectivity index (χ4n) is 5.15. The topological polar surface area (TPSA) is 80.0 Å². The Morgan fingerprint density at radius 1 is 1.06 bits per heavy atom. The largest absolute Gasteiger partial charge is 0.371 e. The first-order valence-electron chi connectivity index (χ1n) is 15.9. The molecule has 2 amide bonds. The summed E-state index contributed by atoms with van der Waals surface area (Å²) in [7, 11) is 4.13. The van der Waals surface area contributed by atoms with Gasteiger partial charge in [0, 0.05) is 70.4 Å². The van der Waals surface area contributed by atoms with Gasteiger partial charge in [-0.1, -0.05) is 36.3 Å². The number of likely N-dealkylation sites (N-methyl/N-ethyl adjacent to an activating group) is 2. The number of nitrogens with one attached hydrogen (secondary N) is 3. The molecule has 0 spiro atoms. The molecule has 254 valence electrons. The van der Waals surface area contributed by atoms with Crippen LogP contribution in [0.4, 0.5) is 25.8 Å². The van der Waals surface area contributed by atoms with Crippen molar-refractivity contribution in [2.45, 2.75) is 44.6 Å². The molecule has 1 aliphatic rings. The number of anilines is 3. The molecule has 1 saturated heterocycles. The van der Waals surface area contributed by atoms with Crippen molar-refractivity contribution in [1.82, 2.24) is 14.5 Å². The van der Waals surface area contributed by atoms with Crippen molar-refractivity contribution in [3.05, 3.63) is 83.4 Å². The van der Waals surface area contributed by atoms with E-state index < -0.39 is 24.9 Å². The first kappa shape index (κ1) is 36.5. The Balaban J connectivity index is 1.79. The monoisotopic (exact) mass is 674 g/mol. The Hall–Kier alpha value is -4.37. The minimum atomic E-state index is -2.76. The van der Waals surface area contributed by atoms with Gasteiger partial charge in [-0.05, 0) is 101 Å². The van der Waals surface area contributed by atoms with E-state index >= 15 is 0 Å². The second-order valence-corrected chi connectivity index (χ2v) is 13.3. The molecule has 4 rings (SSSR count).